The van der Waals surface area contributed by atoms with Crippen LogP contribution < -0.4 is 16.0 Å². The maximum absolute atomic E-state index is 6.08. The van der Waals surface area contributed by atoms with E-state index in [0.717, 1.165) is 17.9 Å². The van der Waals surface area contributed by atoms with Crippen LogP contribution in [0.5, 0.6) is 5.75 Å². The molecule has 0 amide bonds. The summed E-state index contributed by atoms with van der Waals surface area (Å²) in [5.74, 6) is 7.24. The molecule has 0 saturated heterocycles. The molecule has 1 aromatic carbocycles. The van der Waals surface area contributed by atoms with Crippen molar-refractivity contribution in [1.29, 1.82) is 0 Å². The smallest absolute Gasteiger partial charge is 0.137 e. The van der Waals surface area contributed by atoms with Crippen LogP contribution in [0.4, 0.5) is 0 Å². The molecule has 1 atom stereocenters. The number of hydrogen-bond acceptors (Lipinski definition) is 3. The number of benzene rings is 1. The third kappa shape index (κ3) is 4.11. The molecule has 1 aliphatic carbocycles. The van der Waals surface area contributed by atoms with Crippen molar-refractivity contribution in [2.75, 3.05) is 7.11 Å². The van der Waals surface area contributed by atoms with Gasteiger partial charge < -0.3 is 4.74 Å². The molecule has 20 heavy (non-hydrogen) atoms. The molecule has 0 heterocycles. The Bertz CT molecular complexity index is 417. The molecule has 1 saturated carbocycles. The largest absolute Gasteiger partial charge is 0.495 e. The number of hydrogen-bond donors (Lipinski definition) is 2. The monoisotopic (exact) mass is 296 g/mol. The van der Waals surface area contributed by atoms with Gasteiger partial charge in [-0.3, -0.25) is 11.3 Å². The van der Waals surface area contributed by atoms with Crippen LogP contribution in [0.25, 0.3) is 0 Å². The summed E-state index contributed by atoms with van der Waals surface area (Å²) in [7, 11) is 1.64. The Balaban J connectivity index is 2.06. The summed E-state index contributed by atoms with van der Waals surface area (Å²) in [4.78, 5) is 0. The first-order valence-corrected chi connectivity index (χ1v) is 7.92. The van der Waals surface area contributed by atoms with Crippen LogP contribution in [0.1, 0.15) is 56.6 Å². The van der Waals surface area contributed by atoms with E-state index in [1.807, 2.05) is 18.2 Å². The van der Waals surface area contributed by atoms with E-state index in [4.69, 9.17) is 22.2 Å². The fourth-order valence-corrected chi connectivity index (χ4v) is 3.32. The second kappa shape index (κ2) is 7.87. The predicted molar refractivity (Wildman–Crippen MR) is 83.9 cm³/mol. The molecule has 3 N–H and O–H groups in total. The molecule has 0 aliphatic heterocycles. The minimum absolute atomic E-state index is 0.171. The van der Waals surface area contributed by atoms with Crippen molar-refractivity contribution in [1.82, 2.24) is 5.43 Å². The fourth-order valence-electron chi connectivity index (χ4n) is 3.13. The van der Waals surface area contributed by atoms with Crippen molar-refractivity contribution in [3.8, 4) is 5.75 Å². The summed E-state index contributed by atoms with van der Waals surface area (Å²) in [5, 5.41) is 0.640. The van der Waals surface area contributed by atoms with Crippen LogP contribution in [-0.2, 0) is 0 Å². The van der Waals surface area contributed by atoms with Gasteiger partial charge in [0.1, 0.15) is 5.75 Å². The Morgan fingerprint density at radius 2 is 2.00 bits per heavy atom. The standard InChI is InChI=1S/C16H25ClN2O/c1-20-16-11-13(8-9-14(16)17)15(19-18)10-12-6-4-2-3-5-7-12/h8-9,11-12,15,19H,2-7,10,18H2,1H3. The minimum Gasteiger partial charge on any atom is -0.495 e. The lowest BCUT2D eigenvalue weighted by atomic mass is 9.90. The maximum atomic E-state index is 6.08. The van der Waals surface area contributed by atoms with Gasteiger partial charge >= 0.3 is 0 Å². The second-order valence-electron chi connectivity index (χ2n) is 5.71. The van der Waals surface area contributed by atoms with Gasteiger partial charge in [0.25, 0.3) is 0 Å². The number of halogens is 1. The number of methoxy groups -OCH3 is 1. The van der Waals surface area contributed by atoms with Crippen LogP contribution in [0.3, 0.4) is 0 Å². The summed E-state index contributed by atoms with van der Waals surface area (Å²) in [6, 6.07) is 6.08. The molecule has 1 unspecified atom stereocenters. The van der Waals surface area contributed by atoms with Gasteiger partial charge in [0, 0.05) is 6.04 Å². The summed E-state index contributed by atoms with van der Waals surface area (Å²) in [6.07, 6.45) is 9.20. The highest BCUT2D eigenvalue weighted by Gasteiger charge is 2.19. The first-order chi connectivity index (χ1) is 9.74. The van der Waals surface area contributed by atoms with Gasteiger partial charge in [0.15, 0.2) is 0 Å². The van der Waals surface area contributed by atoms with Crippen molar-refractivity contribution in [2.24, 2.45) is 11.8 Å². The Labute approximate surface area is 126 Å². The zero-order valence-electron chi connectivity index (χ0n) is 12.2. The molecule has 1 fully saturated rings. The summed E-state index contributed by atoms with van der Waals surface area (Å²) >= 11 is 6.08. The normalized spacial score (nSPS) is 18.6. The number of nitrogens with one attached hydrogen (secondary N) is 1. The van der Waals surface area contributed by atoms with Gasteiger partial charge in [-0.05, 0) is 30.0 Å². The number of ether oxygens (including phenoxy) is 1. The van der Waals surface area contributed by atoms with Crippen molar-refractivity contribution in [3.05, 3.63) is 28.8 Å². The summed E-state index contributed by atoms with van der Waals surface area (Å²) in [5.41, 5.74) is 4.11. The molecule has 0 bridgehead atoms. The van der Waals surface area contributed by atoms with Gasteiger partial charge in [-0.1, -0.05) is 56.2 Å². The van der Waals surface area contributed by atoms with E-state index in [0.29, 0.717) is 10.8 Å². The van der Waals surface area contributed by atoms with Gasteiger partial charge in [-0.2, -0.15) is 0 Å². The quantitative estimate of drug-likeness (QED) is 0.486. The third-order valence-electron chi connectivity index (χ3n) is 4.32. The lowest BCUT2D eigenvalue weighted by molar-refractivity contribution is 0.357. The van der Waals surface area contributed by atoms with E-state index in [-0.39, 0.29) is 6.04 Å². The van der Waals surface area contributed by atoms with Crippen molar-refractivity contribution in [3.63, 3.8) is 0 Å². The lowest BCUT2D eigenvalue weighted by Gasteiger charge is -2.23. The first-order valence-electron chi connectivity index (χ1n) is 7.54. The molecule has 2 rings (SSSR count). The van der Waals surface area contributed by atoms with E-state index in [1.54, 1.807) is 7.11 Å². The Morgan fingerprint density at radius 3 is 2.60 bits per heavy atom. The van der Waals surface area contributed by atoms with Crippen LogP contribution in [0.15, 0.2) is 18.2 Å². The molecule has 1 aliphatic rings. The zero-order chi connectivity index (χ0) is 14.4. The van der Waals surface area contributed by atoms with Crippen molar-refractivity contribution < 1.29 is 4.74 Å². The molecule has 112 valence electrons. The van der Waals surface area contributed by atoms with Gasteiger partial charge in [0.2, 0.25) is 0 Å². The number of rotatable bonds is 5. The van der Waals surface area contributed by atoms with Crippen molar-refractivity contribution >= 4 is 11.6 Å². The molecule has 4 heteroatoms. The number of hydrazine groups is 1. The van der Waals surface area contributed by atoms with E-state index in [1.165, 1.54) is 38.5 Å². The van der Waals surface area contributed by atoms with Gasteiger partial charge in [0.05, 0.1) is 12.1 Å². The van der Waals surface area contributed by atoms with Crippen LogP contribution in [-0.4, -0.2) is 7.11 Å². The summed E-state index contributed by atoms with van der Waals surface area (Å²) in [6.45, 7) is 0. The molecule has 1 aromatic rings. The Morgan fingerprint density at radius 1 is 1.30 bits per heavy atom. The molecule has 3 nitrogen and oxygen atoms in total. The van der Waals surface area contributed by atoms with E-state index in [9.17, 15) is 0 Å². The van der Waals surface area contributed by atoms with Gasteiger partial charge in [-0.25, -0.2) is 0 Å². The lowest BCUT2D eigenvalue weighted by Crippen LogP contribution is -2.29. The fraction of sp³-hybridized carbons (Fsp3) is 0.625. The highest BCUT2D eigenvalue weighted by Crippen LogP contribution is 2.33. The highest BCUT2D eigenvalue weighted by molar-refractivity contribution is 6.32. The minimum atomic E-state index is 0.171. The second-order valence-corrected chi connectivity index (χ2v) is 6.11. The zero-order valence-corrected chi connectivity index (χ0v) is 13.0. The van der Waals surface area contributed by atoms with Crippen LogP contribution >= 0.6 is 11.6 Å². The molecular formula is C16H25ClN2O. The molecule has 0 spiro atoms. The predicted octanol–water partition coefficient (Wildman–Crippen LogP) is 4.21. The Kier molecular flexibility index (Phi) is 6.14. The highest BCUT2D eigenvalue weighted by atomic mass is 35.5. The van der Waals surface area contributed by atoms with Crippen molar-refractivity contribution in [2.45, 2.75) is 51.0 Å². The SMILES string of the molecule is COc1cc(C(CC2CCCCCC2)NN)ccc1Cl. The molecular weight excluding hydrogens is 272 g/mol. The molecule has 0 aromatic heterocycles. The van der Waals surface area contributed by atoms with Gasteiger partial charge in [-0.15, -0.1) is 0 Å². The van der Waals surface area contributed by atoms with E-state index < -0.39 is 0 Å². The first kappa shape index (κ1) is 15.6. The third-order valence-corrected chi connectivity index (χ3v) is 4.63. The van der Waals surface area contributed by atoms with Crippen LogP contribution in [0.2, 0.25) is 5.02 Å². The number of nitrogens with two attached hydrogens (primary N) is 1. The van der Waals surface area contributed by atoms with E-state index in [2.05, 4.69) is 5.43 Å². The average molecular weight is 297 g/mol. The Hall–Kier alpha value is -0.770. The van der Waals surface area contributed by atoms with E-state index >= 15 is 0 Å². The molecule has 0 radical (unpaired) electrons. The summed E-state index contributed by atoms with van der Waals surface area (Å²) < 4.78 is 5.29. The van der Waals surface area contributed by atoms with Crippen LogP contribution in [0, 0.1) is 5.92 Å². The maximum Gasteiger partial charge on any atom is 0.137 e. The topological polar surface area (TPSA) is 47.3 Å². The average Bonchev–Trinajstić information content (AvgIpc) is 2.74.